The molecule has 3 heterocycles. The highest BCUT2D eigenvalue weighted by atomic mass is 16.3. The summed E-state index contributed by atoms with van der Waals surface area (Å²) in [5.41, 5.74) is 0.960. The topological polar surface area (TPSA) is 125 Å². The molecule has 0 fully saturated rings. The molecule has 0 unspecified atom stereocenters. The molecule has 2 aromatic carbocycles. The van der Waals surface area contributed by atoms with Gasteiger partial charge >= 0.3 is 0 Å². The Morgan fingerprint density at radius 1 is 1.03 bits per heavy atom. The lowest BCUT2D eigenvalue weighted by molar-refractivity contribution is 0.0997. The van der Waals surface area contributed by atoms with E-state index in [2.05, 4.69) is 15.6 Å². The molecule has 9 heteroatoms. The first-order valence-corrected chi connectivity index (χ1v) is 10.9. The highest BCUT2D eigenvalue weighted by Crippen LogP contribution is 2.35. The standard InChI is InChI=1S/C25H22N4O5/c1-3-16(18-9-7-13(2)34-18)27-21-22(24(32)23(21)31)28-17-6-4-5-14-12-29(25(33)20(14)17)15-8-10-19(30)26-11-15/h4-11,16,27-28H,3,12H2,1-2H3,(H,26,30)/t16-/m1/s1. The van der Waals surface area contributed by atoms with Crippen LogP contribution in [0, 0.1) is 6.92 Å². The molecule has 1 aliphatic heterocycles. The lowest BCUT2D eigenvalue weighted by Crippen LogP contribution is -2.37. The quantitative estimate of drug-likeness (QED) is 0.363. The van der Waals surface area contributed by atoms with Crippen LogP contribution in [0.15, 0.2) is 67.5 Å². The molecule has 172 valence electrons. The van der Waals surface area contributed by atoms with E-state index in [-0.39, 0.29) is 28.9 Å². The van der Waals surface area contributed by atoms with E-state index in [4.69, 9.17) is 4.42 Å². The van der Waals surface area contributed by atoms with Gasteiger partial charge < -0.3 is 24.9 Å². The Kier molecular flexibility index (Phi) is 5.16. The Morgan fingerprint density at radius 2 is 1.82 bits per heavy atom. The van der Waals surface area contributed by atoms with Gasteiger partial charge in [0.2, 0.25) is 5.56 Å². The van der Waals surface area contributed by atoms with E-state index < -0.39 is 10.9 Å². The molecule has 9 nitrogen and oxygen atoms in total. The number of nitrogens with zero attached hydrogens (tertiary/aromatic N) is 1. The monoisotopic (exact) mass is 458 g/mol. The molecule has 1 atom stereocenters. The van der Waals surface area contributed by atoms with Crippen molar-refractivity contribution in [2.75, 3.05) is 15.5 Å². The number of anilines is 4. The highest BCUT2D eigenvalue weighted by Gasteiger charge is 2.32. The number of hydrogen-bond acceptors (Lipinski definition) is 7. The molecule has 4 aromatic rings. The number of benzene rings is 1. The van der Waals surface area contributed by atoms with Crippen LogP contribution in [0.3, 0.4) is 0 Å². The molecule has 0 spiro atoms. The van der Waals surface area contributed by atoms with Crippen LogP contribution in [0.2, 0.25) is 0 Å². The summed E-state index contributed by atoms with van der Waals surface area (Å²) < 4.78 is 5.68. The summed E-state index contributed by atoms with van der Waals surface area (Å²) in [4.78, 5) is 53.5. The zero-order valence-electron chi connectivity index (χ0n) is 18.6. The molecule has 2 aromatic heterocycles. The summed E-state index contributed by atoms with van der Waals surface area (Å²) in [5.74, 6) is 1.16. The minimum atomic E-state index is -0.645. The number of pyridine rings is 1. The minimum Gasteiger partial charge on any atom is -0.464 e. The van der Waals surface area contributed by atoms with Gasteiger partial charge in [-0.25, -0.2) is 0 Å². The van der Waals surface area contributed by atoms with Gasteiger partial charge in [0.05, 0.1) is 29.5 Å². The van der Waals surface area contributed by atoms with Gasteiger partial charge in [-0.15, -0.1) is 0 Å². The van der Waals surface area contributed by atoms with E-state index in [0.717, 1.165) is 11.3 Å². The van der Waals surface area contributed by atoms with E-state index in [1.54, 1.807) is 23.1 Å². The summed E-state index contributed by atoms with van der Waals surface area (Å²) in [6.07, 6.45) is 2.12. The first-order chi connectivity index (χ1) is 16.4. The summed E-state index contributed by atoms with van der Waals surface area (Å²) >= 11 is 0. The summed E-state index contributed by atoms with van der Waals surface area (Å²) in [5, 5.41) is 6.14. The predicted molar refractivity (Wildman–Crippen MR) is 129 cm³/mol. The number of furan rings is 1. The molecular weight excluding hydrogens is 436 g/mol. The first-order valence-electron chi connectivity index (χ1n) is 10.9. The van der Waals surface area contributed by atoms with Crippen LogP contribution in [0.5, 0.6) is 0 Å². The van der Waals surface area contributed by atoms with Crippen LogP contribution >= 0.6 is 0 Å². The average Bonchev–Trinajstić information content (AvgIpc) is 3.42. The predicted octanol–water partition coefficient (Wildman–Crippen LogP) is 3.34. The third-order valence-electron chi connectivity index (χ3n) is 6.02. The number of aromatic amines is 1. The fourth-order valence-electron chi connectivity index (χ4n) is 4.22. The van der Waals surface area contributed by atoms with Crippen LogP contribution in [0.1, 0.15) is 46.8 Å². The van der Waals surface area contributed by atoms with Crippen molar-refractivity contribution >= 4 is 28.7 Å². The van der Waals surface area contributed by atoms with Crippen molar-refractivity contribution in [1.82, 2.24) is 4.98 Å². The van der Waals surface area contributed by atoms with Crippen molar-refractivity contribution in [3.63, 3.8) is 0 Å². The van der Waals surface area contributed by atoms with E-state index in [1.807, 2.05) is 32.0 Å². The van der Waals surface area contributed by atoms with Crippen molar-refractivity contribution in [3.8, 4) is 0 Å². The molecule has 0 radical (unpaired) electrons. The summed E-state index contributed by atoms with van der Waals surface area (Å²) in [6.45, 7) is 4.11. The Bertz CT molecular complexity index is 1520. The smallest absolute Gasteiger partial charge is 0.261 e. The molecular formula is C25H22N4O5. The van der Waals surface area contributed by atoms with Crippen molar-refractivity contribution < 1.29 is 9.21 Å². The van der Waals surface area contributed by atoms with Gasteiger partial charge in [0.25, 0.3) is 16.8 Å². The summed E-state index contributed by atoms with van der Waals surface area (Å²) in [7, 11) is 0. The number of amides is 1. The number of carbonyl (C=O) groups is 1. The van der Waals surface area contributed by atoms with E-state index >= 15 is 0 Å². The fourth-order valence-corrected chi connectivity index (χ4v) is 4.22. The lowest BCUT2D eigenvalue weighted by Gasteiger charge is -2.21. The van der Waals surface area contributed by atoms with Gasteiger partial charge in [0, 0.05) is 12.3 Å². The van der Waals surface area contributed by atoms with Gasteiger partial charge in [0.15, 0.2) is 0 Å². The van der Waals surface area contributed by atoms with Gasteiger partial charge in [-0.3, -0.25) is 19.2 Å². The molecule has 1 amide bonds. The average molecular weight is 458 g/mol. The third kappa shape index (κ3) is 3.51. The fraction of sp³-hybridized carbons (Fsp3) is 0.200. The second kappa shape index (κ2) is 8.18. The minimum absolute atomic E-state index is 0.121. The largest absolute Gasteiger partial charge is 0.464 e. The number of fused-ring (bicyclic) bond motifs is 1. The van der Waals surface area contributed by atoms with Crippen molar-refractivity contribution in [2.45, 2.75) is 32.9 Å². The normalized spacial score (nSPS) is 13.8. The number of aromatic nitrogens is 1. The second-order valence-corrected chi connectivity index (χ2v) is 8.23. The Balaban J connectivity index is 1.44. The van der Waals surface area contributed by atoms with Crippen molar-refractivity contribution in [2.24, 2.45) is 0 Å². The van der Waals surface area contributed by atoms with Crippen molar-refractivity contribution in [1.29, 1.82) is 0 Å². The molecule has 5 rings (SSSR count). The molecule has 0 bridgehead atoms. The number of rotatable bonds is 7. The molecule has 1 aliphatic rings. The number of H-pyrrole nitrogens is 1. The van der Waals surface area contributed by atoms with E-state index in [1.165, 1.54) is 12.3 Å². The van der Waals surface area contributed by atoms with Gasteiger partial charge in [-0.05, 0) is 43.2 Å². The van der Waals surface area contributed by atoms with Crippen molar-refractivity contribution in [3.05, 3.63) is 102 Å². The van der Waals surface area contributed by atoms with E-state index in [0.29, 0.717) is 35.7 Å². The van der Waals surface area contributed by atoms with Crippen LogP contribution in [0.4, 0.5) is 22.7 Å². The zero-order valence-corrected chi connectivity index (χ0v) is 18.6. The lowest BCUT2D eigenvalue weighted by atomic mass is 10.1. The Labute approximate surface area is 193 Å². The molecule has 0 saturated heterocycles. The maximum atomic E-state index is 13.2. The number of aryl methyl sites for hydroxylation is 1. The number of hydrogen-bond donors (Lipinski definition) is 3. The first kappa shape index (κ1) is 21.4. The SMILES string of the molecule is CC[C@@H](Nc1c(Nc2cccc3c2C(=O)N(c2ccc(=O)[nH]c2)C3)c(=O)c1=O)c1ccc(C)o1. The van der Waals surface area contributed by atoms with Crippen LogP contribution in [0.25, 0.3) is 0 Å². The molecule has 3 N–H and O–H groups in total. The number of carbonyl (C=O) groups excluding carboxylic acids is 1. The van der Waals surface area contributed by atoms with Crippen LogP contribution < -0.4 is 32.0 Å². The van der Waals surface area contributed by atoms with Crippen LogP contribution in [-0.2, 0) is 6.54 Å². The molecule has 34 heavy (non-hydrogen) atoms. The second-order valence-electron chi connectivity index (χ2n) is 8.23. The Hall–Kier alpha value is -4.40. The van der Waals surface area contributed by atoms with Crippen LogP contribution in [-0.4, -0.2) is 10.9 Å². The Morgan fingerprint density at radius 3 is 2.50 bits per heavy atom. The zero-order chi connectivity index (χ0) is 24.0. The molecule has 0 aliphatic carbocycles. The summed E-state index contributed by atoms with van der Waals surface area (Å²) in [6, 6.07) is 11.6. The van der Waals surface area contributed by atoms with Gasteiger partial charge in [0.1, 0.15) is 22.9 Å². The third-order valence-corrected chi connectivity index (χ3v) is 6.02. The van der Waals surface area contributed by atoms with E-state index in [9.17, 15) is 19.2 Å². The van der Waals surface area contributed by atoms with Gasteiger partial charge in [-0.2, -0.15) is 0 Å². The highest BCUT2D eigenvalue weighted by molar-refractivity contribution is 6.14. The maximum absolute atomic E-state index is 13.2. The molecule has 0 saturated carbocycles. The maximum Gasteiger partial charge on any atom is 0.261 e. The number of nitrogens with one attached hydrogen (secondary N) is 3. The van der Waals surface area contributed by atoms with Gasteiger partial charge in [-0.1, -0.05) is 19.1 Å².